The number of nitrogens with one attached hydrogen (secondary N) is 1. The molecule has 106 valence electrons. The van der Waals surface area contributed by atoms with Gasteiger partial charge in [-0.2, -0.15) is 0 Å². The molecule has 0 radical (unpaired) electrons. The minimum Gasteiger partial charge on any atom is -0.496 e. The van der Waals surface area contributed by atoms with Crippen LogP contribution in [0.25, 0.3) is 0 Å². The van der Waals surface area contributed by atoms with Crippen molar-refractivity contribution >= 4 is 0 Å². The summed E-state index contributed by atoms with van der Waals surface area (Å²) in [5, 5.41) is 3.52. The van der Waals surface area contributed by atoms with Gasteiger partial charge >= 0.3 is 0 Å². The van der Waals surface area contributed by atoms with Gasteiger partial charge in [0.25, 0.3) is 0 Å². The molecule has 0 aliphatic rings. The fourth-order valence-corrected chi connectivity index (χ4v) is 2.47. The van der Waals surface area contributed by atoms with Gasteiger partial charge in [0, 0.05) is 13.1 Å². The van der Waals surface area contributed by atoms with Crippen molar-refractivity contribution in [1.82, 2.24) is 5.32 Å². The molecule has 0 spiro atoms. The Morgan fingerprint density at radius 1 is 1.00 bits per heavy atom. The van der Waals surface area contributed by atoms with Crippen molar-refractivity contribution in [2.45, 2.75) is 33.4 Å². The van der Waals surface area contributed by atoms with E-state index in [-0.39, 0.29) is 0 Å². The van der Waals surface area contributed by atoms with Gasteiger partial charge in [0.05, 0.1) is 7.11 Å². The summed E-state index contributed by atoms with van der Waals surface area (Å²) in [5.74, 6) is 0.949. The van der Waals surface area contributed by atoms with Crippen molar-refractivity contribution in [3.05, 3.63) is 64.7 Å². The second kappa shape index (κ2) is 7.11. The lowest BCUT2D eigenvalue weighted by Gasteiger charge is -2.11. The van der Waals surface area contributed by atoms with E-state index in [0.29, 0.717) is 0 Å². The fraction of sp³-hybridized carbons (Fsp3) is 0.333. The molecule has 2 aromatic rings. The highest BCUT2D eigenvalue weighted by Gasteiger charge is 2.01. The van der Waals surface area contributed by atoms with Gasteiger partial charge in [-0.3, -0.25) is 0 Å². The van der Waals surface area contributed by atoms with Crippen LogP contribution in [0.4, 0.5) is 0 Å². The highest BCUT2D eigenvalue weighted by Crippen LogP contribution is 2.18. The standard InChI is InChI=1S/C18H23NO/c1-4-16-7-5-6-8-17(16)13-19-12-15-9-10-18(20-3)14(2)11-15/h5-11,19H,4,12-13H2,1-3H3. The quantitative estimate of drug-likeness (QED) is 0.860. The average molecular weight is 269 g/mol. The van der Waals surface area contributed by atoms with Crippen molar-refractivity contribution in [3.8, 4) is 5.75 Å². The molecule has 0 heterocycles. The summed E-state index contributed by atoms with van der Waals surface area (Å²) in [5.41, 5.74) is 5.28. The second-order valence-corrected chi connectivity index (χ2v) is 5.03. The summed E-state index contributed by atoms with van der Waals surface area (Å²) in [4.78, 5) is 0. The van der Waals surface area contributed by atoms with Crippen LogP contribution in [-0.2, 0) is 19.5 Å². The molecule has 0 aromatic heterocycles. The number of hydrogen-bond acceptors (Lipinski definition) is 2. The Hall–Kier alpha value is -1.80. The third kappa shape index (κ3) is 3.61. The van der Waals surface area contributed by atoms with Crippen LogP contribution in [0.1, 0.15) is 29.2 Å². The van der Waals surface area contributed by atoms with E-state index < -0.39 is 0 Å². The number of rotatable bonds is 6. The Kier molecular flexibility index (Phi) is 5.19. The summed E-state index contributed by atoms with van der Waals surface area (Å²) < 4.78 is 5.28. The Balaban J connectivity index is 1.94. The van der Waals surface area contributed by atoms with Crippen molar-refractivity contribution in [1.29, 1.82) is 0 Å². The lowest BCUT2D eigenvalue weighted by atomic mass is 10.1. The fourth-order valence-electron chi connectivity index (χ4n) is 2.47. The molecule has 2 nitrogen and oxygen atoms in total. The topological polar surface area (TPSA) is 21.3 Å². The Morgan fingerprint density at radius 3 is 2.40 bits per heavy atom. The molecule has 0 fully saturated rings. The molecular formula is C18H23NO. The summed E-state index contributed by atoms with van der Waals surface area (Å²) in [6.45, 7) is 6.07. The smallest absolute Gasteiger partial charge is 0.121 e. The minimum absolute atomic E-state index is 0.878. The molecule has 0 aliphatic carbocycles. The number of hydrogen-bond donors (Lipinski definition) is 1. The van der Waals surface area contributed by atoms with Gasteiger partial charge in [-0.15, -0.1) is 0 Å². The van der Waals surface area contributed by atoms with Crippen LogP contribution in [0, 0.1) is 6.92 Å². The van der Waals surface area contributed by atoms with E-state index >= 15 is 0 Å². The minimum atomic E-state index is 0.878. The zero-order valence-corrected chi connectivity index (χ0v) is 12.6. The normalized spacial score (nSPS) is 10.6. The first-order valence-electron chi connectivity index (χ1n) is 7.15. The molecule has 2 heteroatoms. The average Bonchev–Trinajstić information content (AvgIpc) is 2.48. The Bertz CT molecular complexity index is 563. The molecule has 2 aromatic carbocycles. The predicted octanol–water partition coefficient (Wildman–Crippen LogP) is 3.86. The predicted molar refractivity (Wildman–Crippen MR) is 84.1 cm³/mol. The maximum Gasteiger partial charge on any atom is 0.121 e. The largest absolute Gasteiger partial charge is 0.496 e. The molecule has 0 saturated heterocycles. The second-order valence-electron chi connectivity index (χ2n) is 5.03. The number of ether oxygens (including phenoxy) is 1. The summed E-state index contributed by atoms with van der Waals surface area (Å²) in [6, 6.07) is 14.9. The van der Waals surface area contributed by atoms with Gasteiger partial charge in [0.1, 0.15) is 5.75 Å². The van der Waals surface area contributed by atoms with Crippen LogP contribution in [0.5, 0.6) is 5.75 Å². The van der Waals surface area contributed by atoms with Crippen molar-refractivity contribution < 1.29 is 4.74 Å². The molecule has 0 unspecified atom stereocenters. The summed E-state index contributed by atoms with van der Waals surface area (Å²) in [7, 11) is 1.71. The van der Waals surface area contributed by atoms with Crippen molar-refractivity contribution in [2.24, 2.45) is 0 Å². The Labute approximate surface area is 121 Å². The first kappa shape index (κ1) is 14.6. The summed E-state index contributed by atoms with van der Waals surface area (Å²) >= 11 is 0. The van der Waals surface area contributed by atoms with Gasteiger partial charge in [-0.25, -0.2) is 0 Å². The van der Waals surface area contributed by atoms with Crippen LogP contribution in [-0.4, -0.2) is 7.11 Å². The van der Waals surface area contributed by atoms with Gasteiger partial charge < -0.3 is 10.1 Å². The number of methoxy groups -OCH3 is 1. The molecule has 1 N–H and O–H groups in total. The van der Waals surface area contributed by atoms with E-state index in [4.69, 9.17) is 4.74 Å². The maximum atomic E-state index is 5.28. The van der Waals surface area contributed by atoms with Crippen LogP contribution >= 0.6 is 0 Å². The molecular weight excluding hydrogens is 246 g/mol. The van der Waals surface area contributed by atoms with Gasteiger partial charge in [0.15, 0.2) is 0 Å². The van der Waals surface area contributed by atoms with Gasteiger partial charge in [-0.05, 0) is 41.7 Å². The zero-order valence-electron chi connectivity index (χ0n) is 12.6. The van der Waals surface area contributed by atoms with Crippen molar-refractivity contribution in [2.75, 3.05) is 7.11 Å². The van der Waals surface area contributed by atoms with Crippen molar-refractivity contribution in [3.63, 3.8) is 0 Å². The third-order valence-corrected chi connectivity index (χ3v) is 3.60. The highest BCUT2D eigenvalue weighted by atomic mass is 16.5. The number of aryl methyl sites for hydroxylation is 2. The van der Waals surface area contributed by atoms with Crippen LogP contribution in [0.2, 0.25) is 0 Å². The van der Waals surface area contributed by atoms with E-state index in [1.165, 1.54) is 22.3 Å². The van der Waals surface area contributed by atoms with Gasteiger partial charge in [0.2, 0.25) is 0 Å². The summed E-state index contributed by atoms with van der Waals surface area (Å²) in [6.07, 6.45) is 1.08. The first-order chi connectivity index (χ1) is 9.74. The molecule has 0 amide bonds. The van der Waals surface area contributed by atoms with E-state index in [1.807, 2.05) is 6.07 Å². The molecule has 2 rings (SSSR count). The molecule has 0 saturated carbocycles. The molecule has 20 heavy (non-hydrogen) atoms. The molecule has 0 atom stereocenters. The maximum absolute atomic E-state index is 5.28. The SMILES string of the molecule is CCc1ccccc1CNCc1ccc(OC)c(C)c1. The third-order valence-electron chi connectivity index (χ3n) is 3.60. The molecule has 0 aliphatic heterocycles. The Morgan fingerprint density at radius 2 is 1.75 bits per heavy atom. The van der Waals surface area contributed by atoms with E-state index in [2.05, 4.69) is 55.6 Å². The van der Waals surface area contributed by atoms with Crippen LogP contribution < -0.4 is 10.1 Å². The lowest BCUT2D eigenvalue weighted by molar-refractivity contribution is 0.411. The number of benzene rings is 2. The zero-order chi connectivity index (χ0) is 14.4. The van der Waals surface area contributed by atoms with E-state index in [9.17, 15) is 0 Å². The lowest BCUT2D eigenvalue weighted by Crippen LogP contribution is -2.14. The van der Waals surface area contributed by atoms with Crippen LogP contribution in [0.3, 0.4) is 0 Å². The van der Waals surface area contributed by atoms with E-state index in [1.54, 1.807) is 7.11 Å². The van der Waals surface area contributed by atoms with Gasteiger partial charge in [-0.1, -0.05) is 43.3 Å². The monoisotopic (exact) mass is 269 g/mol. The first-order valence-corrected chi connectivity index (χ1v) is 7.15. The molecule has 0 bridgehead atoms. The van der Waals surface area contributed by atoms with Crippen LogP contribution in [0.15, 0.2) is 42.5 Å². The highest BCUT2D eigenvalue weighted by molar-refractivity contribution is 5.36. The van der Waals surface area contributed by atoms with E-state index in [0.717, 1.165) is 25.3 Å².